The number of aryl methyl sites for hydroxylation is 1. The van der Waals surface area contributed by atoms with E-state index in [1.807, 2.05) is 13.8 Å². The molecule has 2 aromatic rings. The van der Waals surface area contributed by atoms with Crippen LogP contribution in [0.25, 0.3) is 0 Å². The molecule has 0 saturated carbocycles. The molecule has 0 N–H and O–H groups in total. The molecule has 3 heterocycles. The summed E-state index contributed by atoms with van der Waals surface area (Å²) in [5.41, 5.74) is 2.44. The van der Waals surface area contributed by atoms with Gasteiger partial charge in [0.2, 0.25) is 0 Å². The van der Waals surface area contributed by atoms with Gasteiger partial charge < -0.3 is 4.90 Å². The molecule has 2 aromatic heterocycles. The second-order valence-corrected chi connectivity index (χ2v) is 6.07. The minimum atomic E-state index is 0.332. The summed E-state index contributed by atoms with van der Waals surface area (Å²) >= 11 is 1.77. The molecule has 102 valence electrons. The third kappa shape index (κ3) is 2.06. The number of rotatable bonds is 2. The van der Waals surface area contributed by atoms with Gasteiger partial charge in [-0.2, -0.15) is 10.4 Å². The highest BCUT2D eigenvalue weighted by molar-refractivity contribution is 7.10. The van der Waals surface area contributed by atoms with Crippen molar-refractivity contribution in [3.63, 3.8) is 0 Å². The Hall–Kier alpha value is -1.93. The van der Waals surface area contributed by atoms with Crippen LogP contribution >= 0.6 is 11.3 Å². The number of nitriles is 1. The van der Waals surface area contributed by atoms with Gasteiger partial charge in [-0.05, 0) is 43.7 Å². The van der Waals surface area contributed by atoms with Crippen molar-refractivity contribution in [1.82, 2.24) is 10.2 Å². The van der Waals surface area contributed by atoms with Crippen molar-refractivity contribution in [3.05, 3.63) is 39.2 Å². The van der Waals surface area contributed by atoms with Crippen LogP contribution in [0.4, 0.5) is 5.82 Å². The number of thiophene rings is 1. The van der Waals surface area contributed by atoms with E-state index < -0.39 is 0 Å². The van der Waals surface area contributed by atoms with E-state index in [9.17, 15) is 5.26 Å². The first-order valence-corrected chi connectivity index (χ1v) is 7.64. The van der Waals surface area contributed by atoms with Gasteiger partial charge in [0, 0.05) is 11.4 Å². The predicted molar refractivity (Wildman–Crippen MR) is 79.9 cm³/mol. The van der Waals surface area contributed by atoms with Crippen LogP contribution in [-0.4, -0.2) is 16.7 Å². The zero-order valence-electron chi connectivity index (χ0n) is 11.6. The quantitative estimate of drug-likeness (QED) is 0.848. The Morgan fingerprint density at radius 3 is 2.95 bits per heavy atom. The van der Waals surface area contributed by atoms with Crippen LogP contribution in [-0.2, 0) is 0 Å². The molecule has 3 rings (SSSR count). The lowest BCUT2D eigenvalue weighted by atomic mass is 10.1. The van der Waals surface area contributed by atoms with Crippen LogP contribution in [0.2, 0.25) is 0 Å². The lowest BCUT2D eigenvalue weighted by molar-refractivity contribution is 0.715. The van der Waals surface area contributed by atoms with Crippen molar-refractivity contribution >= 4 is 17.2 Å². The Kier molecular flexibility index (Phi) is 3.41. The fraction of sp³-hybridized carbons (Fsp3) is 0.400. The first-order chi connectivity index (χ1) is 9.72. The van der Waals surface area contributed by atoms with Crippen LogP contribution in [0.3, 0.4) is 0 Å². The molecule has 0 aliphatic carbocycles. The molecule has 0 spiro atoms. The van der Waals surface area contributed by atoms with E-state index in [2.05, 4.69) is 38.7 Å². The molecule has 1 aliphatic heterocycles. The van der Waals surface area contributed by atoms with Crippen molar-refractivity contribution in [3.8, 4) is 6.07 Å². The Bertz CT molecular complexity index is 657. The average molecular weight is 284 g/mol. The molecule has 0 amide bonds. The van der Waals surface area contributed by atoms with Crippen molar-refractivity contribution in [2.24, 2.45) is 0 Å². The monoisotopic (exact) mass is 284 g/mol. The summed E-state index contributed by atoms with van der Waals surface area (Å²) in [6.07, 6.45) is 2.24. The summed E-state index contributed by atoms with van der Waals surface area (Å²) < 4.78 is 0. The van der Waals surface area contributed by atoms with Gasteiger partial charge >= 0.3 is 0 Å². The molecule has 1 aliphatic rings. The zero-order chi connectivity index (χ0) is 14.1. The minimum Gasteiger partial charge on any atom is -0.346 e. The van der Waals surface area contributed by atoms with Crippen LogP contribution in [0.5, 0.6) is 0 Å². The maximum atomic E-state index is 9.46. The summed E-state index contributed by atoms with van der Waals surface area (Å²) in [5.74, 6) is 0.742. The third-order valence-electron chi connectivity index (χ3n) is 3.94. The number of nitrogens with zero attached hydrogens (tertiary/aromatic N) is 4. The Balaban J connectivity index is 2.05. The number of hydrogen-bond acceptors (Lipinski definition) is 5. The molecule has 0 aromatic carbocycles. The van der Waals surface area contributed by atoms with Gasteiger partial charge in [-0.15, -0.1) is 16.4 Å². The highest BCUT2D eigenvalue weighted by Gasteiger charge is 2.30. The number of aromatic nitrogens is 2. The molecule has 1 saturated heterocycles. The van der Waals surface area contributed by atoms with E-state index in [1.54, 1.807) is 11.3 Å². The topological polar surface area (TPSA) is 52.8 Å². The van der Waals surface area contributed by atoms with Crippen LogP contribution in [0, 0.1) is 25.2 Å². The second-order valence-electron chi connectivity index (χ2n) is 5.09. The summed E-state index contributed by atoms with van der Waals surface area (Å²) in [7, 11) is 0. The molecule has 5 heteroatoms. The standard InChI is InChI=1S/C15H16N4S/c1-10-11(2)17-18-15(12(10)9-16)19-7-3-5-13(19)14-6-4-8-20-14/h4,6,8,13H,3,5,7H2,1-2H3/t13-/m0/s1. The van der Waals surface area contributed by atoms with Gasteiger partial charge in [0.15, 0.2) is 5.82 Å². The van der Waals surface area contributed by atoms with E-state index in [-0.39, 0.29) is 0 Å². The lowest BCUT2D eigenvalue weighted by Gasteiger charge is -2.25. The largest absolute Gasteiger partial charge is 0.346 e. The fourth-order valence-corrected chi connectivity index (χ4v) is 3.60. The van der Waals surface area contributed by atoms with Gasteiger partial charge in [-0.3, -0.25) is 0 Å². The third-order valence-corrected chi connectivity index (χ3v) is 4.92. The fourth-order valence-electron chi connectivity index (χ4n) is 2.73. The molecule has 0 unspecified atom stereocenters. The van der Waals surface area contributed by atoms with Crippen molar-refractivity contribution in [1.29, 1.82) is 5.26 Å². The van der Waals surface area contributed by atoms with E-state index in [1.165, 1.54) is 4.88 Å². The van der Waals surface area contributed by atoms with E-state index >= 15 is 0 Å². The van der Waals surface area contributed by atoms with Gasteiger partial charge in [-0.1, -0.05) is 6.07 Å². The van der Waals surface area contributed by atoms with Gasteiger partial charge in [0.05, 0.1) is 11.7 Å². The summed E-state index contributed by atoms with van der Waals surface area (Å²) in [6, 6.07) is 6.88. The van der Waals surface area contributed by atoms with Crippen LogP contribution in [0.1, 0.15) is 40.6 Å². The molecule has 0 bridgehead atoms. The van der Waals surface area contributed by atoms with Crippen molar-refractivity contribution in [2.45, 2.75) is 32.7 Å². The minimum absolute atomic E-state index is 0.332. The molecule has 20 heavy (non-hydrogen) atoms. The smallest absolute Gasteiger partial charge is 0.170 e. The predicted octanol–water partition coefficient (Wildman–Crippen LogP) is 3.37. The first kappa shape index (κ1) is 13.1. The maximum absolute atomic E-state index is 9.46. The summed E-state index contributed by atoms with van der Waals surface area (Å²) in [4.78, 5) is 3.58. The van der Waals surface area contributed by atoms with Gasteiger partial charge in [0.25, 0.3) is 0 Å². The van der Waals surface area contributed by atoms with Gasteiger partial charge in [-0.25, -0.2) is 0 Å². The van der Waals surface area contributed by atoms with E-state index in [0.717, 1.165) is 36.5 Å². The molecule has 1 fully saturated rings. The van der Waals surface area contributed by atoms with Crippen LogP contribution in [0.15, 0.2) is 17.5 Å². The maximum Gasteiger partial charge on any atom is 0.170 e. The highest BCUT2D eigenvalue weighted by Crippen LogP contribution is 2.38. The van der Waals surface area contributed by atoms with Gasteiger partial charge in [0.1, 0.15) is 11.6 Å². The van der Waals surface area contributed by atoms with Crippen molar-refractivity contribution in [2.75, 3.05) is 11.4 Å². The SMILES string of the molecule is Cc1nnc(N2CCC[C@H]2c2cccs2)c(C#N)c1C. The highest BCUT2D eigenvalue weighted by atomic mass is 32.1. The Morgan fingerprint density at radius 2 is 2.25 bits per heavy atom. The zero-order valence-corrected chi connectivity index (χ0v) is 12.4. The van der Waals surface area contributed by atoms with Crippen molar-refractivity contribution < 1.29 is 0 Å². The molecule has 1 atom stereocenters. The first-order valence-electron chi connectivity index (χ1n) is 6.76. The number of anilines is 1. The molecular weight excluding hydrogens is 268 g/mol. The Labute approximate surface area is 122 Å². The Morgan fingerprint density at radius 1 is 1.40 bits per heavy atom. The average Bonchev–Trinajstić information content (AvgIpc) is 3.10. The summed E-state index contributed by atoms with van der Waals surface area (Å²) in [6.45, 7) is 4.78. The lowest BCUT2D eigenvalue weighted by Crippen LogP contribution is -2.25. The van der Waals surface area contributed by atoms with Crippen LogP contribution < -0.4 is 4.90 Å². The summed E-state index contributed by atoms with van der Waals surface area (Å²) in [5, 5.41) is 20.1. The normalized spacial score (nSPS) is 18.2. The molecule has 4 nitrogen and oxygen atoms in total. The molecular formula is C15H16N4S. The number of hydrogen-bond donors (Lipinski definition) is 0. The van der Waals surface area contributed by atoms with E-state index in [4.69, 9.17) is 0 Å². The van der Waals surface area contributed by atoms with E-state index in [0.29, 0.717) is 11.6 Å². The molecule has 0 radical (unpaired) electrons. The second kappa shape index (κ2) is 5.22.